The van der Waals surface area contributed by atoms with E-state index in [4.69, 9.17) is 9.47 Å². The number of benzene rings is 2. The monoisotopic (exact) mass is 337 g/mol. The smallest absolute Gasteiger partial charge is 0.227 e. The molecular formula is C21H23NO3. The molecule has 0 radical (unpaired) electrons. The van der Waals surface area contributed by atoms with Gasteiger partial charge in [0.05, 0.1) is 25.7 Å². The standard InChI is InChI=1S/C21H23NO3/c23-21(14-16-6-2-1-3-7-16)22-11-4-8-18(22)17-9-10-19-20(15-17)25-13-5-12-24-19/h1-3,6-7,9-10,15,18H,4-5,8,11-14H2/t18-/m1/s1. The highest BCUT2D eigenvalue weighted by Crippen LogP contribution is 2.38. The first-order valence-corrected chi connectivity index (χ1v) is 9.04. The fourth-order valence-corrected chi connectivity index (χ4v) is 3.67. The van der Waals surface area contributed by atoms with E-state index in [1.165, 1.54) is 0 Å². The van der Waals surface area contributed by atoms with Crippen molar-refractivity contribution in [2.75, 3.05) is 19.8 Å². The fraction of sp³-hybridized carbons (Fsp3) is 0.381. The van der Waals surface area contributed by atoms with Crippen LogP contribution in [0.3, 0.4) is 0 Å². The van der Waals surface area contributed by atoms with Gasteiger partial charge in [-0.05, 0) is 36.1 Å². The predicted molar refractivity (Wildman–Crippen MR) is 95.9 cm³/mol. The molecule has 4 heteroatoms. The highest BCUT2D eigenvalue weighted by atomic mass is 16.5. The summed E-state index contributed by atoms with van der Waals surface area (Å²) in [6, 6.07) is 16.2. The lowest BCUT2D eigenvalue weighted by Gasteiger charge is -2.26. The third-order valence-corrected chi connectivity index (χ3v) is 4.93. The van der Waals surface area contributed by atoms with Gasteiger partial charge in [-0.15, -0.1) is 0 Å². The molecule has 1 saturated heterocycles. The summed E-state index contributed by atoms with van der Waals surface area (Å²) in [5.74, 6) is 1.81. The van der Waals surface area contributed by atoms with Gasteiger partial charge in [0.1, 0.15) is 0 Å². The molecule has 0 aromatic heterocycles. The number of hydrogen-bond donors (Lipinski definition) is 0. The van der Waals surface area contributed by atoms with Gasteiger partial charge in [-0.3, -0.25) is 4.79 Å². The van der Waals surface area contributed by atoms with Crippen LogP contribution in [0.5, 0.6) is 11.5 Å². The first kappa shape index (κ1) is 16.0. The molecule has 0 spiro atoms. The lowest BCUT2D eigenvalue weighted by Crippen LogP contribution is -2.31. The molecule has 2 heterocycles. The molecule has 2 aromatic carbocycles. The molecule has 0 N–H and O–H groups in total. The van der Waals surface area contributed by atoms with Crippen molar-refractivity contribution in [3.63, 3.8) is 0 Å². The Morgan fingerprint density at radius 2 is 1.80 bits per heavy atom. The van der Waals surface area contributed by atoms with Crippen LogP contribution < -0.4 is 9.47 Å². The minimum absolute atomic E-state index is 0.133. The van der Waals surface area contributed by atoms with E-state index in [0.29, 0.717) is 19.6 Å². The molecule has 0 unspecified atom stereocenters. The normalized spacial score (nSPS) is 19.5. The summed E-state index contributed by atoms with van der Waals surface area (Å²) in [6.45, 7) is 2.19. The van der Waals surface area contributed by atoms with Crippen molar-refractivity contribution in [3.05, 3.63) is 59.7 Å². The van der Waals surface area contributed by atoms with E-state index in [9.17, 15) is 4.79 Å². The third kappa shape index (κ3) is 3.48. The summed E-state index contributed by atoms with van der Waals surface area (Å²) < 4.78 is 11.5. The Kier molecular flexibility index (Phi) is 4.59. The number of carbonyl (C=O) groups excluding carboxylic acids is 1. The zero-order valence-corrected chi connectivity index (χ0v) is 14.3. The Labute approximate surface area is 148 Å². The number of amides is 1. The lowest BCUT2D eigenvalue weighted by atomic mass is 10.0. The maximum atomic E-state index is 12.8. The van der Waals surface area contributed by atoms with E-state index in [0.717, 1.165) is 48.4 Å². The van der Waals surface area contributed by atoms with Crippen LogP contribution in [0.15, 0.2) is 48.5 Å². The SMILES string of the molecule is O=C(Cc1ccccc1)N1CCC[C@@H]1c1ccc2c(c1)OCCCO2. The minimum Gasteiger partial charge on any atom is -0.490 e. The zero-order valence-electron chi connectivity index (χ0n) is 14.3. The van der Waals surface area contributed by atoms with Crippen LogP contribution in [0.4, 0.5) is 0 Å². The number of likely N-dealkylation sites (tertiary alicyclic amines) is 1. The molecule has 0 bridgehead atoms. The van der Waals surface area contributed by atoms with Crippen molar-refractivity contribution in [1.29, 1.82) is 0 Å². The fourth-order valence-electron chi connectivity index (χ4n) is 3.67. The van der Waals surface area contributed by atoms with Crippen molar-refractivity contribution >= 4 is 5.91 Å². The molecule has 4 rings (SSSR count). The van der Waals surface area contributed by atoms with Crippen LogP contribution in [-0.2, 0) is 11.2 Å². The lowest BCUT2D eigenvalue weighted by molar-refractivity contribution is -0.131. The largest absolute Gasteiger partial charge is 0.490 e. The Hall–Kier alpha value is -2.49. The molecule has 0 aliphatic carbocycles. The number of nitrogens with zero attached hydrogens (tertiary/aromatic N) is 1. The van der Waals surface area contributed by atoms with Crippen molar-refractivity contribution in [1.82, 2.24) is 4.90 Å². The van der Waals surface area contributed by atoms with E-state index in [-0.39, 0.29) is 11.9 Å². The summed E-state index contributed by atoms with van der Waals surface area (Å²) in [6.07, 6.45) is 3.40. The maximum absolute atomic E-state index is 12.8. The predicted octanol–water partition coefficient (Wildman–Crippen LogP) is 3.75. The Morgan fingerprint density at radius 1 is 1.00 bits per heavy atom. The van der Waals surface area contributed by atoms with Gasteiger partial charge >= 0.3 is 0 Å². The van der Waals surface area contributed by atoms with Crippen LogP contribution in [0.25, 0.3) is 0 Å². The van der Waals surface area contributed by atoms with Crippen LogP contribution in [-0.4, -0.2) is 30.6 Å². The van der Waals surface area contributed by atoms with Gasteiger partial charge in [-0.1, -0.05) is 36.4 Å². The second-order valence-electron chi connectivity index (χ2n) is 6.66. The van der Waals surface area contributed by atoms with Gasteiger partial charge in [-0.25, -0.2) is 0 Å². The summed E-state index contributed by atoms with van der Waals surface area (Å²) in [7, 11) is 0. The zero-order chi connectivity index (χ0) is 17.1. The van der Waals surface area contributed by atoms with Gasteiger partial charge in [0.15, 0.2) is 11.5 Å². The number of ether oxygens (including phenoxy) is 2. The summed E-state index contributed by atoms with van der Waals surface area (Å²) in [5.41, 5.74) is 2.21. The number of hydrogen-bond acceptors (Lipinski definition) is 3. The highest BCUT2D eigenvalue weighted by molar-refractivity contribution is 5.79. The van der Waals surface area contributed by atoms with Gasteiger partial charge in [-0.2, -0.15) is 0 Å². The average Bonchev–Trinajstić information content (AvgIpc) is 3.01. The minimum atomic E-state index is 0.133. The number of fused-ring (bicyclic) bond motifs is 1. The molecule has 130 valence electrons. The quantitative estimate of drug-likeness (QED) is 0.856. The first-order chi connectivity index (χ1) is 12.3. The second kappa shape index (κ2) is 7.18. The van der Waals surface area contributed by atoms with Crippen LogP contribution >= 0.6 is 0 Å². The molecular weight excluding hydrogens is 314 g/mol. The molecule has 2 aliphatic rings. The summed E-state index contributed by atoms with van der Waals surface area (Å²) in [4.78, 5) is 14.8. The summed E-state index contributed by atoms with van der Waals surface area (Å²) >= 11 is 0. The number of carbonyl (C=O) groups is 1. The third-order valence-electron chi connectivity index (χ3n) is 4.93. The second-order valence-corrected chi connectivity index (χ2v) is 6.66. The van der Waals surface area contributed by atoms with Crippen molar-refractivity contribution in [3.8, 4) is 11.5 Å². The molecule has 1 atom stereocenters. The van der Waals surface area contributed by atoms with Gasteiger partial charge in [0.2, 0.25) is 5.91 Å². The molecule has 0 saturated carbocycles. The topological polar surface area (TPSA) is 38.8 Å². The Morgan fingerprint density at radius 3 is 2.64 bits per heavy atom. The van der Waals surface area contributed by atoms with Crippen LogP contribution in [0, 0.1) is 0 Å². The Balaban J connectivity index is 1.53. The van der Waals surface area contributed by atoms with E-state index in [1.54, 1.807) is 0 Å². The van der Waals surface area contributed by atoms with Gasteiger partial charge in [0.25, 0.3) is 0 Å². The van der Waals surface area contributed by atoms with Crippen molar-refractivity contribution in [2.24, 2.45) is 0 Å². The molecule has 2 aromatic rings. The molecule has 25 heavy (non-hydrogen) atoms. The average molecular weight is 337 g/mol. The van der Waals surface area contributed by atoms with Gasteiger partial charge < -0.3 is 14.4 Å². The van der Waals surface area contributed by atoms with Crippen molar-refractivity contribution < 1.29 is 14.3 Å². The highest BCUT2D eigenvalue weighted by Gasteiger charge is 2.30. The molecule has 1 amide bonds. The van der Waals surface area contributed by atoms with Crippen LogP contribution in [0.1, 0.15) is 36.4 Å². The Bertz CT molecular complexity index is 744. The molecule has 2 aliphatic heterocycles. The van der Waals surface area contributed by atoms with E-state index >= 15 is 0 Å². The summed E-state index contributed by atoms with van der Waals surface area (Å²) in [5, 5.41) is 0. The first-order valence-electron chi connectivity index (χ1n) is 9.04. The molecule has 1 fully saturated rings. The number of rotatable bonds is 3. The van der Waals surface area contributed by atoms with Crippen LogP contribution in [0.2, 0.25) is 0 Å². The molecule has 4 nitrogen and oxygen atoms in total. The van der Waals surface area contributed by atoms with E-state index < -0.39 is 0 Å². The maximum Gasteiger partial charge on any atom is 0.227 e. The van der Waals surface area contributed by atoms with E-state index in [2.05, 4.69) is 12.1 Å². The van der Waals surface area contributed by atoms with E-state index in [1.807, 2.05) is 41.3 Å². The van der Waals surface area contributed by atoms with Gasteiger partial charge in [0, 0.05) is 13.0 Å². The van der Waals surface area contributed by atoms with Crippen molar-refractivity contribution in [2.45, 2.75) is 31.7 Å².